The van der Waals surface area contributed by atoms with Crippen LogP contribution < -0.4 is 10.1 Å². The van der Waals surface area contributed by atoms with Crippen molar-refractivity contribution in [3.05, 3.63) is 65.2 Å². The van der Waals surface area contributed by atoms with Gasteiger partial charge in [-0.1, -0.05) is 36.8 Å². The molecule has 33 heavy (non-hydrogen) atoms. The fraction of sp³-hybridized carbons (Fsp3) is 0.536. The first-order valence-electron chi connectivity index (χ1n) is 12.7. The van der Waals surface area contributed by atoms with Gasteiger partial charge in [0.25, 0.3) is 5.91 Å². The van der Waals surface area contributed by atoms with Crippen LogP contribution in [-0.4, -0.2) is 61.1 Å². The van der Waals surface area contributed by atoms with Crippen molar-refractivity contribution >= 4 is 5.91 Å². The molecule has 2 aliphatic heterocycles. The first kappa shape index (κ1) is 22.4. The third-order valence-corrected chi connectivity index (χ3v) is 7.90. The number of carbonyl (C=O) groups is 1. The van der Waals surface area contributed by atoms with Gasteiger partial charge in [0.1, 0.15) is 5.75 Å². The van der Waals surface area contributed by atoms with Gasteiger partial charge in [-0.25, -0.2) is 0 Å². The second-order valence-corrected chi connectivity index (χ2v) is 10.0. The molecule has 2 bridgehead atoms. The minimum Gasteiger partial charge on any atom is -0.496 e. The van der Waals surface area contributed by atoms with E-state index >= 15 is 0 Å². The molecule has 5 rings (SSSR count). The van der Waals surface area contributed by atoms with Crippen molar-refractivity contribution in [2.24, 2.45) is 5.92 Å². The zero-order chi connectivity index (χ0) is 22.6. The Labute approximate surface area is 198 Å². The molecule has 3 unspecified atom stereocenters. The highest BCUT2D eigenvalue weighted by Gasteiger charge is 2.34. The molecule has 1 N–H and O–H groups in total. The number of rotatable bonds is 8. The van der Waals surface area contributed by atoms with E-state index in [1.165, 1.54) is 37.8 Å². The highest BCUT2D eigenvalue weighted by atomic mass is 16.5. The van der Waals surface area contributed by atoms with Crippen molar-refractivity contribution < 1.29 is 9.53 Å². The summed E-state index contributed by atoms with van der Waals surface area (Å²) in [6, 6.07) is 17.5. The van der Waals surface area contributed by atoms with Gasteiger partial charge in [0.05, 0.1) is 7.11 Å². The number of ether oxygens (including phenoxy) is 1. The van der Waals surface area contributed by atoms with Crippen LogP contribution in [0.4, 0.5) is 0 Å². The predicted molar refractivity (Wildman–Crippen MR) is 132 cm³/mol. The molecular formula is C28H37N3O2. The average Bonchev–Trinajstić information content (AvgIpc) is 3.48. The third kappa shape index (κ3) is 5.10. The monoisotopic (exact) mass is 447 g/mol. The molecule has 1 aliphatic carbocycles. The van der Waals surface area contributed by atoms with Crippen LogP contribution in [0.5, 0.6) is 5.75 Å². The molecule has 0 radical (unpaired) electrons. The summed E-state index contributed by atoms with van der Waals surface area (Å²) in [5.74, 6) is 1.94. The predicted octanol–water partition coefficient (Wildman–Crippen LogP) is 4.12. The number of benzene rings is 2. The number of nitrogens with zero attached hydrogens (tertiary/aromatic N) is 2. The van der Waals surface area contributed by atoms with Crippen LogP contribution in [-0.2, 0) is 13.0 Å². The Bertz CT molecular complexity index is 938. The maximum Gasteiger partial charge on any atom is 0.254 e. The summed E-state index contributed by atoms with van der Waals surface area (Å²) >= 11 is 0. The van der Waals surface area contributed by atoms with Crippen LogP contribution >= 0.6 is 0 Å². The number of carbonyl (C=O) groups excluding carboxylic acids is 1. The zero-order valence-electron chi connectivity index (χ0n) is 19.8. The fourth-order valence-electron chi connectivity index (χ4n) is 6.09. The summed E-state index contributed by atoms with van der Waals surface area (Å²) in [6.45, 7) is 4.80. The van der Waals surface area contributed by atoms with Crippen molar-refractivity contribution in [1.82, 2.24) is 15.1 Å². The number of hydrogen-bond acceptors (Lipinski definition) is 4. The van der Waals surface area contributed by atoms with Gasteiger partial charge in [0.15, 0.2) is 0 Å². The first-order chi connectivity index (χ1) is 16.2. The SMILES string of the molecule is COc1ccccc1CCN(C(=O)c1ccc(CN2CC3CCCC2C3)cc1)C1CCNC1. The minimum atomic E-state index is 0.141. The van der Waals surface area contributed by atoms with Gasteiger partial charge in [-0.05, 0) is 73.9 Å². The maximum absolute atomic E-state index is 13.6. The lowest BCUT2D eigenvalue weighted by atomic mass is 9.90. The largest absolute Gasteiger partial charge is 0.496 e. The van der Waals surface area contributed by atoms with Crippen LogP contribution in [0.25, 0.3) is 0 Å². The van der Waals surface area contributed by atoms with Crippen molar-refractivity contribution in [2.75, 3.05) is 33.3 Å². The number of fused-ring (bicyclic) bond motifs is 2. The molecule has 2 aromatic rings. The molecule has 3 fully saturated rings. The smallest absolute Gasteiger partial charge is 0.254 e. The fourth-order valence-corrected chi connectivity index (χ4v) is 6.09. The summed E-state index contributed by atoms with van der Waals surface area (Å²) in [5.41, 5.74) is 3.27. The van der Waals surface area contributed by atoms with Crippen LogP contribution in [0.2, 0.25) is 0 Å². The number of para-hydroxylation sites is 1. The van der Waals surface area contributed by atoms with Gasteiger partial charge in [-0.2, -0.15) is 0 Å². The molecule has 3 aliphatic rings. The molecular weight excluding hydrogens is 410 g/mol. The molecule has 5 nitrogen and oxygen atoms in total. The van der Waals surface area contributed by atoms with Crippen molar-refractivity contribution in [2.45, 2.75) is 57.2 Å². The van der Waals surface area contributed by atoms with E-state index in [-0.39, 0.29) is 11.9 Å². The van der Waals surface area contributed by atoms with Gasteiger partial charge < -0.3 is 15.0 Å². The molecule has 2 saturated heterocycles. The van der Waals surface area contributed by atoms with Gasteiger partial charge >= 0.3 is 0 Å². The average molecular weight is 448 g/mol. The normalized spacial score (nSPS) is 24.7. The van der Waals surface area contributed by atoms with Gasteiger partial charge in [0, 0.05) is 43.8 Å². The minimum absolute atomic E-state index is 0.141. The van der Waals surface area contributed by atoms with E-state index in [2.05, 4.69) is 33.3 Å². The molecule has 2 aromatic carbocycles. The topological polar surface area (TPSA) is 44.8 Å². The highest BCUT2D eigenvalue weighted by Crippen LogP contribution is 2.36. The maximum atomic E-state index is 13.6. The number of hydrogen-bond donors (Lipinski definition) is 1. The van der Waals surface area contributed by atoms with Crippen molar-refractivity contribution in [3.63, 3.8) is 0 Å². The second kappa shape index (κ2) is 10.3. The van der Waals surface area contributed by atoms with E-state index in [1.54, 1.807) is 7.11 Å². The second-order valence-electron chi connectivity index (χ2n) is 10.0. The summed E-state index contributed by atoms with van der Waals surface area (Å²) < 4.78 is 5.52. The summed E-state index contributed by atoms with van der Waals surface area (Å²) in [7, 11) is 1.71. The Morgan fingerprint density at radius 3 is 2.73 bits per heavy atom. The Balaban J connectivity index is 1.26. The standard InChI is InChI=1S/C28H37N3O2/c1-33-27-8-3-2-6-23(27)14-16-31(26-13-15-29-18-26)28(32)24-11-9-21(10-12-24)19-30-20-22-5-4-7-25(30)17-22/h2-3,6,8-12,22,25-26,29H,4-5,7,13-20H2,1H3. The lowest BCUT2D eigenvalue weighted by molar-refractivity contribution is 0.0694. The van der Waals surface area contributed by atoms with E-state index in [0.717, 1.165) is 61.3 Å². The lowest BCUT2D eigenvalue weighted by Crippen LogP contribution is -2.42. The lowest BCUT2D eigenvalue weighted by Gasteiger charge is -2.29. The molecule has 0 aromatic heterocycles. The Morgan fingerprint density at radius 1 is 1.12 bits per heavy atom. The summed E-state index contributed by atoms with van der Waals surface area (Å²) in [4.78, 5) is 18.3. The molecule has 5 heteroatoms. The Kier molecular flexibility index (Phi) is 6.98. The van der Waals surface area contributed by atoms with Crippen molar-refractivity contribution in [3.8, 4) is 5.75 Å². The molecule has 2 heterocycles. The molecule has 176 valence electrons. The summed E-state index contributed by atoms with van der Waals surface area (Å²) in [6.07, 6.45) is 7.33. The van der Waals surface area contributed by atoms with Gasteiger partial charge in [0.2, 0.25) is 0 Å². The van der Waals surface area contributed by atoms with E-state index < -0.39 is 0 Å². The van der Waals surface area contributed by atoms with Gasteiger partial charge in [-0.3, -0.25) is 9.69 Å². The van der Waals surface area contributed by atoms with E-state index in [9.17, 15) is 4.79 Å². The Morgan fingerprint density at radius 2 is 1.97 bits per heavy atom. The number of nitrogens with one attached hydrogen (secondary N) is 1. The molecule has 0 spiro atoms. The highest BCUT2D eigenvalue weighted by molar-refractivity contribution is 5.94. The van der Waals surface area contributed by atoms with E-state index in [0.29, 0.717) is 6.54 Å². The molecule has 3 atom stereocenters. The van der Waals surface area contributed by atoms with Crippen LogP contribution in [0.3, 0.4) is 0 Å². The third-order valence-electron chi connectivity index (χ3n) is 7.90. The van der Waals surface area contributed by atoms with Crippen molar-refractivity contribution in [1.29, 1.82) is 0 Å². The van der Waals surface area contributed by atoms with E-state index in [1.807, 2.05) is 30.3 Å². The quantitative estimate of drug-likeness (QED) is 0.661. The van der Waals surface area contributed by atoms with Gasteiger partial charge in [-0.15, -0.1) is 0 Å². The number of methoxy groups -OCH3 is 1. The first-order valence-corrected chi connectivity index (χ1v) is 12.7. The zero-order valence-corrected chi connectivity index (χ0v) is 19.8. The number of likely N-dealkylation sites (tertiary alicyclic amines) is 1. The van der Waals surface area contributed by atoms with Crippen LogP contribution in [0.1, 0.15) is 53.6 Å². The molecule has 1 amide bonds. The Hall–Kier alpha value is -2.37. The van der Waals surface area contributed by atoms with E-state index in [4.69, 9.17) is 4.74 Å². The van der Waals surface area contributed by atoms with Crippen LogP contribution in [0.15, 0.2) is 48.5 Å². The van der Waals surface area contributed by atoms with Crippen LogP contribution in [0, 0.1) is 5.92 Å². The summed E-state index contributed by atoms with van der Waals surface area (Å²) in [5, 5.41) is 3.42. The molecule has 1 saturated carbocycles. The number of amides is 1.